The van der Waals surface area contributed by atoms with Gasteiger partial charge in [-0.2, -0.15) is 9.97 Å². The first-order valence-corrected chi connectivity index (χ1v) is 8.74. The zero-order chi connectivity index (χ0) is 17.2. The molecule has 1 N–H and O–H groups in total. The molecule has 0 spiro atoms. The number of anilines is 1. The van der Waals surface area contributed by atoms with Crippen LogP contribution in [0.25, 0.3) is 11.1 Å². The number of aromatic nitrogens is 3. The average Bonchev–Trinajstić information content (AvgIpc) is 3.27. The summed E-state index contributed by atoms with van der Waals surface area (Å²) in [6.45, 7) is 5.57. The van der Waals surface area contributed by atoms with Crippen LogP contribution in [-0.2, 0) is 4.74 Å². The van der Waals surface area contributed by atoms with Crippen LogP contribution in [0.2, 0.25) is 0 Å². The Hall–Kier alpha value is -2.41. The Morgan fingerprint density at radius 3 is 2.64 bits per heavy atom. The molecule has 0 saturated carbocycles. The Morgan fingerprint density at radius 2 is 1.92 bits per heavy atom. The van der Waals surface area contributed by atoms with E-state index >= 15 is 0 Å². The molecule has 0 radical (unpaired) electrons. The van der Waals surface area contributed by atoms with Crippen LogP contribution >= 0.6 is 0 Å². The van der Waals surface area contributed by atoms with Gasteiger partial charge >= 0.3 is 0 Å². The molecular weight excluding hydrogens is 320 g/mol. The molecule has 4 rings (SSSR count). The van der Waals surface area contributed by atoms with Crippen molar-refractivity contribution in [3.63, 3.8) is 0 Å². The van der Waals surface area contributed by atoms with Gasteiger partial charge in [0.2, 0.25) is 5.89 Å². The number of hydrogen-bond acceptors (Lipinski definition) is 7. The van der Waals surface area contributed by atoms with E-state index in [1.807, 2.05) is 38.1 Å². The molecule has 0 aliphatic carbocycles. The molecule has 7 heteroatoms. The van der Waals surface area contributed by atoms with Gasteiger partial charge in [-0.25, -0.2) is 0 Å². The number of rotatable bonds is 5. The van der Waals surface area contributed by atoms with E-state index in [1.165, 1.54) is 0 Å². The number of nitrogens with one attached hydrogen (secondary N) is 1. The van der Waals surface area contributed by atoms with Gasteiger partial charge in [-0.3, -0.25) is 0 Å². The SMILES string of the molecule is CC(C)c1noc([C@H](Nc2nc3ccccc3o2)C2CCOCC2)n1. The monoisotopic (exact) mass is 342 g/mol. The minimum atomic E-state index is -0.142. The van der Waals surface area contributed by atoms with E-state index in [2.05, 4.69) is 20.4 Å². The second kappa shape index (κ2) is 6.84. The van der Waals surface area contributed by atoms with Crippen LogP contribution in [0.5, 0.6) is 0 Å². The molecule has 0 amide bonds. The molecule has 1 saturated heterocycles. The van der Waals surface area contributed by atoms with E-state index in [4.69, 9.17) is 13.7 Å². The van der Waals surface area contributed by atoms with Crippen molar-refractivity contribution in [2.75, 3.05) is 18.5 Å². The van der Waals surface area contributed by atoms with Gasteiger partial charge in [-0.05, 0) is 30.9 Å². The van der Waals surface area contributed by atoms with Crippen molar-refractivity contribution in [3.05, 3.63) is 36.0 Å². The lowest BCUT2D eigenvalue weighted by Gasteiger charge is -2.28. The summed E-state index contributed by atoms with van der Waals surface area (Å²) in [5.74, 6) is 1.84. The van der Waals surface area contributed by atoms with Gasteiger partial charge in [0.1, 0.15) is 11.6 Å². The van der Waals surface area contributed by atoms with Gasteiger partial charge < -0.3 is 19.0 Å². The molecule has 3 aromatic rings. The maximum atomic E-state index is 5.82. The van der Waals surface area contributed by atoms with Crippen LogP contribution in [0.4, 0.5) is 6.01 Å². The third-order valence-corrected chi connectivity index (χ3v) is 4.55. The van der Waals surface area contributed by atoms with Crippen LogP contribution in [-0.4, -0.2) is 28.3 Å². The van der Waals surface area contributed by atoms with E-state index in [0.29, 0.717) is 23.6 Å². The van der Waals surface area contributed by atoms with Gasteiger partial charge in [0, 0.05) is 19.1 Å². The Bertz CT molecular complexity index is 803. The predicted octanol–water partition coefficient (Wildman–Crippen LogP) is 3.91. The summed E-state index contributed by atoms with van der Waals surface area (Å²) < 4.78 is 16.9. The van der Waals surface area contributed by atoms with Crippen LogP contribution < -0.4 is 5.32 Å². The first-order chi connectivity index (χ1) is 12.2. The molecule has 0 bridgehead atoms. The summed E-state index contributed by atoms with van der Waals surface area (Å²) in [7, 11) is 0. The fraction of sp³-hybridized carbons (Fsp3) is 0.500. The third kappa shape index (κ3) is 3.37. The Labute approximate surface area is 145 Å². The molecule has 1 aliphatic rings. The maximum Gasteiger partial charge on any atom is 0.296 e. The molecule has 2 aromatic heterocycles. The second-order valence-corrected chi connectivity index (χ2v) is 6.70. The Balaban J connectivity index is 1.63. The zero-order valence-electron chi connectivity index (χ0n) is 14.4. The second-order valence-electron chi connectivity index (χ2n) is 6.70. The first kappa shape index (κ1) is 16.1. The molecule has 1 fully saturated rings. The minimum Gasteiger partial charge on any atom is -0.424 e. The highest BCUT2D eigenvalue weighted by Crippen LogP contribution is 2.33. The predicted molar refractivity (Wildman–Crippen MR) is 92.3 cm³/mol. The lowest BCUT2D eigenvalue weighted by molar-refractivity contribution is 0.0568. The van der Waals surface area contributed by atoms with Crippen molar-refractivity contribution < 1.29 is 13.7 Å². The lowest BCUT2D eigenvalue weighted by Crippen LogP contribution is -2.27. The topological polar surface area (TPSA) is 86.2 Å². The third-order valence-electron chi connectivity index (χ3n) is 4.55. The van der Waals surface area contributed by atoms with Crippen molar-refractivity contribution in [3.8, 4) is 0 Å². The molecular formula is C18H22N4O3. The number of nitrogens with zero attached hydrogens (tertiary/aromatic N) is 3. The highest BCUT2D eigenvalue weighted by Gasteiger charge is 2.31. The van der Waals surface area contributed by atoms with Crippen LogP contribution in [0.1, 0.15) is 50.4 Å². The molecule has 25 heavy (non-hydrogen) atoms. The van der Waals surface area contributed by atoms with E-state index in [-0.39, 0.29) is 12.0 Å². The normalized spacial score (nSPS) is 17.2. The fourth-order valence-electron chi connectivity index (χ4n) is 3.11. The number of ether oxygens (including phenoxy) is 1. The van der Waals surface area contributed by atoms with Crippen molar-refractivity contribution in [2.45, 2.75) is 38.6 Å². The Kier molecular flexibility index (Phi) is 4.40. The van der Waals surface area contributed by atoms with E-state index in [1.54, 1.807) is 0 Å². The van der Waals surface area contributed by atoms with Gasteiger partial charge in [-0.15, -0.1) is 0 Å². The highest BCUT2D eigenvalue weighted by molar-refractivity contribution is 5.74. The largest absolute Gasteiger partial charge is 0.424 e. The van der Waals surface area contributed by atoms with Crippen molar-refractivity contribution in [1.82, 2.24) is 15.1 Å². The Morgan fingerprint density at radius 1 is 1.12 bits per heavy atom. The quantitative estimate of drug-likeness (QED) is 0.752. The minimum absolute atomic E-state index is 0.142. The number of benzene rings is 1. The molecule has 0 unspecified atom stereocenters. The summed E-state index contributed by atoms with van der Waals surface area (Å²) in [5.41, 5.74) is 1.58. The number of hydrogen-bond donors (Lipinski definition) is 1. The van der Waals surface area contributed by atoms with Crippen molar-refractivity contribution in [2.24, 2.45) is 5.92 Å². The average molecular weight is 342 g/mol. The fourth-order valence-corrected chi connectivity index (χ4v) is 3.11. The van der Waals surface area contributed by atoms with Crippen LogP contribution in [0.15, 0.2) is 33.2 Å². The first-order valence-electron chi connectivity index (χ1n) is 8.74. The molecule has 3 heterocycles. The van der Waals surface area contributed by atoms with Gasteiger partial charge in [0.25, 0.3) is 6.01 Å². The number of fused-ring (bicyclic) bond motifs is 1. The van der Waals surface area contributed by atoms with Gasteiger partial charge in [0.05, 0.1) is 0 Å². The van der Waals surface area contributed by atoms with Gasteiger partial charge in [0.15, 0.2) is 11.4 Å². The summed E-state index contributed by atoms with van der Waals surface area (Å²) in [6, 6.07) is 8.04. The standard InChI is InChI=1S/C18H22N4O3/c1-11(2)16-21-17(25-22-16)15(12-7-9-23-10-8-12)20-18-19-13-5-3-4-6-14(13)24-18/h3-6,11-12,15H,7-10H2,1-2H3,(H,19,20)/t15-/m1/s1. The number of oxazole rings is 1. The van der Waals surface area contributed by atoms with Crippen LogP contribution in [0, 0.1) is 5.92 Å². The summed E-state index contributed by atoms with van der Waals surface area (Å²) in [5, 5.41) is 7.48. The van der Waals surface area contributed by atoms with E-state index in [0.717, 1.165) is 37.2 Å². The smallest absolute Gasteiger partial charge is 0.296 e. The molecule has 1 atom stereocenters. The summed E-state index contributed by atoms with van der Waals surface area (Å²) >= 11 is 0. The molecule has 132 valence electrons. The summed E-state index contributed by atoms with van der Waals surface area (Å²) in [4.78, 5) is 9.10. The van der Waals surface area contributed by atoms with Gasteiger partial charge in [-0.1, -0.05) is 31.1 Å². The van der Waals surface area contributed by atoms with Crippen molar-refractivity contribution >= 4 is 17.1 Å². The van der Waals surface area contributed by atoms with E-state index in [9.17, 15) is 0 Å². The van der Waals surface area contributed by atoms with Crippen molar-refractivity contribution in [1.29, 1.82) is 0 Å². The molecule has 1 aliphatic heterocycles. The lowest BCUT2D eigenvalue weighted by atomic mass is 9.91. The molecule has 7 nitrogen and oxygen atoms in total. The summed E-state index contributed by atoms with van der Waals surface area (Å²) in [6.07, 6.45) is 1.86. The molecule has 1 aromatic carbocycles. The number of para-hydroxylation sites is 2. The highest BCUT2D eigenvalue weighted by atomic mass is 16.5. The van der Waals surface area contributed by atoms with Crippen LogP contribution in [0.3, 0.4) is 0 Å². The maximum absolute atomic E-state index is 5.82. The zero-order valence-corrected chi connectivity index (χ0v) is 14.4. The van der Waals surface area contributed by atoms with E-state index < -0.39 is 0 Å².